The summed E-state index contributed by atoms with van der Waals surface area (Å²) in [5.41, 5.74) is -0.116. The van der Waals surface area contributed by atoms with E-state index in [1.54, 1.807) is 41.3 Å². The van der Waals surface area contributed by atoms with E-state index in [4.69, 9.17) is 0 Å². The average molecular weight is 393 g/mol. The lowest BCUT2D eigenvalue weighted by atomic mass is 9.88. The highest BCUT2D eigenvalue weighted by Crippen LogP contribution is 2.42. The molecule has 6 heteroatoms. The molecule has 0 radical (unpaired) electrons. The number of likely N-dealkylation sites (N-methyl/N-ethyl adjacent to an activating group) is 1. The van der Waals surface area contributed by atoms with Gasteiger partial charge in [-0.05, 0) is 12.6 Å². The molecule has 2 aliphatic rings. The summed E-state index contributed by atoms with van der Waals surface area (Å²) in [6, 6.07) is 16.1. The number of para-hydroxylation sites is 1. The largest absolute Gasteiger partial charge is 0.375 e. The molecule has 2 aromatic rings. The average Bonchev–Trinajstić information content (AvgIpc) is 2.97. The number of anilines is 1. The summed E-state index contributed by atoms with van der Waals surface area (Å²) in [5.74, 6) is -0.657. The van der Waals surface area contributed by atoms with Gasteiger partial charge in [0.2, 0.25) is 0 Å². The van der Waals surface area contributed by atoms with Crippen molar-refractivity contribution < 1.29 is 14.7 Å². The molecule has 0 aromatic heterocycles. The van der Waals surface area contributed by atoms with Crippen LogP contribution in [0.25, 0.3) is 0 Å². The number of fused-ring (bicyclic) bond motifs is 1. The molecule has 4 rings (SSSR count). The molecular weight excluding hydrogens is 366 g/mol. The Balaban J connectivity index is 1.57. The fourth-order valence-corrected chi connectivity index (χ4v) is 4.22. The van der Waals surface area contributed by atoms with Gasteiger partial charge in [0.25, 0.3) is 5.91 Å². The molecule has 6 nitrogen and oxygen atoms in total. The molecule has 1 amide bonds. The van der Waals surface area contributed by atoms with Gasteiger partial charge in [0, 0.05) is 37.3 Å². The second-order valence-corrected chi connectivity index (χ2v) is 7.77. The van der Waals surface area contributed by atoms with Crippen molar-refractivity contribution in [1.29, 1.82) is 0 Å². The first kappa shape index (κ1) is 19.8. The molecule has 1 N–H and O–H groups in total. The van der Waals surface area contributed by atoms with Gasteiger partial charge in [-0.1, -0.05) is 55.5 Å². The van der Waals surface area contributed by atoms with E-state index in [1.165, 1.54) is 0 Å². The fourth-order valence-electron chi connectivity index (χ4n) is 4.22. The second-order valence-electron chi connectivity index (χ2n) is 7.77. The third kappa shape index (κ3) is 3.71. The van der Waals surface area contributed by atoms with E-state index in [0.29, 0.717) is 23.5 Å². The summed E-state index contributed by atoms with van der Waals surface area (Å²) < 4.78 is 0. The molecule has 1 saturated heterocycles. The van der Waals surface area contributed by atoms with Gasteiger partial charge in [-0.2, -0.15) is 0 Å². The first-order valence-electron chi connectivity index (χ1n) is 10.2. The molecule has 29 heavy (non-hydrogen) atoms. The maximum atomic E-state index is 13.3. The molecular formula is C23H27N3O3. The molecule has 0 spiro atoms. The minimum absolute atomic E-state index is 0.241. The van der Waals surface area contributed by atoms with Crippen LogP contribution in [0.3, 0.4) is 0 Å². The summed E-state index contributed by atoms with van der Waals surface area (Å²) in [4.78, 5) is 32.4. The molecule has 2 aliphatic heterocycles. The topological polar surface area (TPSA) is 64.1 Å². The van der Waals surface area contributed by atoms with Crippen molar-refractivity contribution in [2.24, 2.45) is 0 Å². The number of carbonyl (C=O) groups excluding carboxylic acids is 2. The molecule has 1 fully saturated rings. The molecule has 2 aromatic carbocycles. The molecule has 0 saturated carbocycles. The Bertz CT molecular complexity index is 893. The predicted octanol–water partition coefficient (Wildman–Crippen LogP) is 2.09. The zero-order valence-electron chi connectivity index (χ0n) is 16.8. The number of ketones is 1. The van der Waals surface area contributed by atoms with E-state index in [1.807, 2.05) is 18.2 Å². The van der Waals surface area contributed by atoms with Crippen LogP contribution in [0.5, 0.6) is 0 Å². The minimum atomic E-state index is -1.82. The molecule has 1 atom stereocenters. The van der Waals surface area contributed by atoms with E-state index in [-0.39, 0.29) is 12.2 Å². The van der Waals surface area contributed by atoms with Gasteiger partial charge in [0.05, 0.1) is 18.8 Å². The number of amides is 1. The van der Waals surface area contributed by atoms with Crippen LogP contribution in [-0.4, -0.2) is 66.0 Å². The number of aliphatic hydroxyl groups is 1. The van der Waals surface area contributed by atoms with Crippen LogP contribution in [0.4, 0.5) is 5.69 Å². The number of nitrogens with zero attached hydrogens (tertiary/aromatic N) is 3. The van der Waals surface area contributed by atoms with Crippen LogP contribution in [0.2, 0.25) is 0 Å². The predicted molar refractivity (Wildman–Crippen MR) is 112 cm³/mol. The molecule has 0 aliphatic carbocycles. The quantitative estimate of drug-likeness (QED) is 0.762. The van der Waals surface area contributed by atoms with Crippen molar-refractivity contribution in [3.8, 4) is 0 Å². The third-order valence-electron chi connectivity index (χ3n) is 6.01. The van der Waals surface area contributed by atoms with E-state index in [0.717, 1.165) is 32.7 Å². The summed E-state index contributed by atoms with van der Waals surface area (Å²) in [7, 11) is 0. The van der Waals surface area contributed by atoms with Crippen molar-refractivity contribution in [2.45, 2.75) is 18.9 Å². The SMILES string of the molecule is CCN1CCN(CN2C(=O)[C@](O)(CC(=O)c3ccccc3)c3ccccc32)CC1. The van der Waals surface area contributed by atoms with Crippen LogP contribution < -0.4 is 4.90 Å². The first-order valence-corrected chi connectivity index (χ1v) is 10.2. The standard InChI is InChI=1S/C23H27N3O3/c1-2-24-12-14-25(15-13-24)17-26-20-11-7-6-10-19(20)23(29,22(26)28)16-21(27)18-8-4-3-5-9-18/h3-11,29H,2,12-17H2,1H3/t23-/m0/s1. The number of hydrogen-bond acceptors (Lipinski definition) is 5. The maximum Gasteiger partial charge on any atom is 0.265 e. The zero-order chi connectivity index (χ0) is 20.4. The Morgan fingerprint density at radius 3 is 2.28 bits per heavy atom. The van der Waals surface area contributed by atoms with E-state index in [2.05, 4.69) is 16.7 Å². The molecule has 0 unspecified atom stereocenters. The third-order valence-corrected chi connectivity index (χ3v) is 6.01. The number of benzene rings is 2. The van der Waals surface area contributed by atoms with Gasteiger partial charge in [-0.25, -0.2) is 0 Å². The van der Waals surface area contributed by atoms with Crippen molar-refractivity contribution in [1.82, 2.24) is 9.80 Å². The zero-order valence-corrected chi connectivity index (χ0v) is 16.8. The van der Waals surface area contributed by atoms with Crippen LogP contribution in [0, 0.1) is 0 Å². The van der Waals surface area contributed by atoms with E-state index < -0.39 is 11.5 Å². The fraction of sp³-hybridized carbons (Fsp3) is 0.391. The number of rotatable bonds is 6. The lowest BCUT2D eigenvalue weighted by molar-refractivity contribution is -0.136. The highest BCUT2D eigenvalue weighted by Gasteiger charge is 2.51. The Labute approximate surface area is 171 Å². The maximum absolute atomic E-state index is 13.3. The van der Waals surface area contributed by atoms with Crippen molar-refractivity contribution >= 4 is 17.4 Å². The highest BCUT2D eigenvalue weighted by molar-refractivity contribution is 6.10. The minimum Gasteiger partial charge on any atom is -0.375 e. The lowest BCUT2D eigenvalue weighted by Gasteiger charge is -2.36. The Hall–Kier alpha value is -2.54. The first-order chi connectivity index (χ1) is 14.0. The summed E-state index contributed by atoms with van der Waals surface area (Å²) in [6.45, 7) is 7.30. The summed E-state index contributed by atoms with van der Waals surface area (Å²) in [5, 5.41) is 11.4. The molecule has 2 heterocycles. The van der Waals surface area contributed by atoms with Crippen LogP contribution in [-0.2, 0) is 10.4 Å². The number of carbonyl (C=O) groups is 2. The second kappa shape index (κ2) is 8.06. The highest BCUT2D eigenvalue weighted by atomic mass is 16.3. The van der Waals surface area contributed by atoms with Gasteiger partial charge in [0.15, 0.2) is 11.4 Å². The van der Waals surface area contributed by atoms with E-state index in [9.17, 15) is 14.7 Å². The van der Waals surface area contributed by atoms with Gasteiger partial charge in [-0.3, -0.25) is 19.4 Å². The van der Waals surface area contributed by atoms with Crippen LogP contribution in [0.1, 0.15) is 29.3 Å². The monoisotopic (exact) mass is 393 g/mol. The van der Waals surface area contributed by atoms with Gasteiger partial charge in [-0.15, -0.1) is 0 Å². The molecule has 152 valence electrons. The van der Waals surface area contributed by atoms with Crippen molar-refractivity contribution in [3.63, 3.8) is 0 Å². The normalized spacial score (nSPS) is 22.7. The summed E-state index contributed by atoms with van der Waals surface area (Å²) in [6.07, 6.45) is -0.257. The smallest absolute Gasteiger partial charge is 0.265 e. The summed E-state index contributed by atoms with van der Waals surface area (Å²) >= 11 is 0. The van der Waals surface area contributed by atoms with E-state index >= 15 is 0 Å². The van der Waals surface area contributed by atoms with Gasteiger partial charge in [0.1, 0.15) is 0 Å². The Kier molecular flexibility index (Phi) is 5.50. The van der Waals surface area contributed by atoms with Crippen LogP contribution in [0.15, 0.2) is 54.6 Å². The Morgan fingerprint density at radius 1 is 0.966 bits per heavy atom. The van der Waals surface area contributed by atoms with Crippen molar-refractivity contribution in [3.05, 3.63) is 65.7 Å². The number of piperazine rings is 1. The van der Waals surface area contributed by atoms with Gasteiger partial charge >= 0.3 is 0 Å². The van der Waals surface area contributed by atoms with Crippen LogP contribution >= 0.6 is 0 Å². The molecule has 0 bridgehead atoms. The Morgan fingerprint density at radius 2 is 1.59 bits per heavy atom. The number of Topliss-reactive ketones (excluding diaryl/α,β-unsaturated/α-hetero) is 1. The lowest BCUT2D eigenvalue weighted by Crippen LogP contribution is -2.52. The number of hydrogen-bond donors (Lipinski definition) is 1. The van der Waals surface area contributed by atoms with Gasteiger partial charge < -0.3 is 10.0 Å². The van der Waals surface area contributed by atoms with Crippen molar-refractivity contribution in [2.75, 3.05) is 44.3 Å².